The van der Waals surface area contributed by atoms with Gasteiger partial charge in [-0.3, -0.25) is 4.79 Å². The number of hydrogen-bond donors (Lipinski definition) is 2. The fourth-order valence-electron chi connectivity index (χ4n) is 1.14. The Balaban J connectivity index is 2.26. The van der Waals surface area contributed by atoms with Gasteiger partial charge in [-0.05, 0) is 19.1 Å². The van der Waals surface area contributed by atoms with Crippen molar-refractivity contribution in [3.05, 3.63) is 24.2 Å². The van der Waals surface area contributed by atoms with Crippen LogP contribution in [0.3, 0.4) is 0 Å². The van der Waals surface area contributed by atoms with Gasteiger partial charge in [-0.2, -0.15) is 0 Å². The number of nitrogens with one attached hydrogen (secondary N) is 1. The molecule has 1 aromatic heterocycles. The highest BCUT2D eigenvalue weighted by molar-refractivity contribution is 5.77. The van der Waals surface area contributed by atoms with E-state index in [1.54, 1.807) is 12.3 Å². The number of ether oxygens (including phenoxy) is 1. The van der Waals surface area contributed by atoms with Crippen LogP contribution in [-0.2, 0) is 9.53 Å². The second-order valence-corrected chi connectivity index (χ2v) is 3.15. The SMILES string of the molecule is CC(NC(=O)COCCN)c1ccco1. The van der Waals surface area contributed by atoms with Crippen LogP contribution in [0.15, 0.2) is 22.8 Å². The van der Waals surface area contributed by atoms with E-state index in [2.05, 4.69) is 5.32 Å². The molecule has 0 aromatic carbocycles. The molecule has 15 heavy (non-hydrogen) atoms. The van der Waals surface area contributed by atoms with E-state index in [-0.39, 0.29) is 18.6 Å². The summed E-state index contributed by atoms with van der Waals surface area (Å²) >= 11 is 0. The topological polar surface area (TPSA) is 77.5 Å². The van der Waals surface area contributed by atoms with Gasteiger partial charge in [-0.15, -0.1) is 0 Å². The Kier molecular flexibility index (Phi) is 4.86. The largest absolute Gasteiger partial charge is 0.467 e. The highest BCUT2D eigenvalue weighted by Gasteiger charge is 2.11. The summed E-state index contributed by atoms with van der Waals surface area (Å²) in [6, 6.07) is 3.45. The molecule has 3 N–H and O–H groups in total. The molecule has 84 valence electrons. The number of hydrogen-bond acceptors (Lipinski definition) is 4. The Morgan fingerprint density at radius 2 is 2.53 bits per heavy atom. The van der Waals surface area contributed by atoms with Gasteiger partial charge in [0.05, 0.1) is 18.9 Å². The van der Waals surface area contributed by atoms with E-state index >= 15 is 0 Å². The van der Waals surface area contributed by atoms with Gasteiger partial charge in [0.2, 0.25) is 5.91 Å². The van der Waals surface area contributed by atoms with E-state index in [0.29, 0.717) is 13.2 Å². The lowest BCUT2D eigenvalue weighted by Gasteiger charge is -2.11. The Labute approximate surface area is 88.6 Å². The van der Waals surface area contributed by atoms with E-state index in [9.17, 15) is 4.79 Å². The summed E-state index contributed by atoms with van der Waals surface area (Å²) in [6.45, 7) is 2.69. The number of furan rings is 1. The molecule has 1 atom stereocenters. The standard InChI is InChI=1S/C10H16N2O3/c1-8(9-3-2-5-15-9)12-10(13)7-14-6-4-11/h2-3,5,8H,4,6-7,11H2,1H3,(H,12,13). The normalized spacial score (nSPS) is 12.4. The Bertz CT molecular complexity index is 285. The zero-order chi connectivity index (χ0) is 11.1. The van der Waals surface area contributed by atoms with Crippen LogP contribution in [0.4, 0.5) is 0 Å². The van der Waals surface area contributed by atoms with Gasteiger partial charge in [-0.25, -0.2) is 0 Å². The monoisotopic (exact) mass is 212 g/mol. The zero-order valence-electron chi connectivity index (χ0n) is 8.73. The smallest absolute Gasteiger partial charge is 0.246 e. The van der Waals surface area contributed by atoms with Crippen molar-refractivity contribution in [3.63, 3.8) is 0 Å². The van der Waals surface area contributed by atoms with Crippen LogP contribution in [0.25, 0.3) is 0 Å². The fraction of sp³-hybridized carbons (Fsp3) is 0.500. The molecule has 1 aromatic rings. The van der Waals surface area contributed by atoms with Gasteiger partial charge in [-0.1, -0.05) is 0 Å². The first kappa shape index (κ1) is 11.7. The third kappa shape index (κ3) is 4.14. The van der Waals surface area contributed by atoms with Crippen LogP contribution in [-0.4, -0.2) is 25.7 Å². The van der Waals surface area contributed by atoms with E-state index in [1.165, 1.54) is 0 Å². The van der Waals surface area contributed by atoms with Crippen molar-refractivity contribution in [2.24, 2.45) is 5.73 Å². The van der Waals surface area contributed by atoms with Crippen molar-refractivity contribution in [3.8, 4) is 0 Å². The van der Waals surface area contributed by atoms with Crippen LogP contribution in [0.2, 0.25) is 0 Å². The molecule has 0 bridgehead atoms. The van der Waals surface area contributed by atoms with Crippen LogP contribution in [0.5, 0.6) is 0 Å². The quantitative estimate of drug-likeness (QED) is 0.670. The van der Waals surface area contributed by atoms with Gasteiger partial charge in [0, 0.05) is 6.54 Å². The summed E-state index contributed by atoms with van der Waals surface area (Å²) in [5.41, 5.74) is 5.22. The number of carbonyl (C=O) groups excluding carboxylic acids is 1. The molecule has 0 radical (unpaired) electrons. The van der Waals surface area contributed by atoms with Crippen molar-refractivity contribution in [2.75, 3.05) is 19.8 Å². The Hall–Kier alpha value is -1.33. The Morgan fingerprint density at radius 3 is 3.13 bits per heavy atom. The lowest BCUT2D eigenvalue weighted by atomic mass is 10.2. The summed E-state index contributed by atoms with van der Waals surface area (Å²) in [5, 5.41) is 2.74. The van der Waals surface area contributed by atoms with Crippen molar-refractivity contribution in [1.82, 2.24) is 5.32 Å². The highest BCUT2D eigenvalue weighted by Crippen LogP contribution is 2.11. The average molecular weight is 212 g/mol. The minimum atomic E-state index is -0.174. The summed E-state index contributed by atoms with van der Waals surface area (Å²) in [6.07, 6.45) is 1.57. The molecule has 1 unspecified atom stereocenters. The molecular formula is C10H16N2O3. The van der Waals surface area contributed by atoms with Crippen LogP contribution >= 0.6 is 0 Å². The molecule has 0 saturated heterocycles. The molecular weight excluding hydrogens is 196 g/mol. The molecule has 1 rings (SSSR count). The first-order chi connectivity index (χ1) is 7.24. The predicted molar refractivity (Wildman–Crippen MR) is 55.1 cm³/mol. The van der Waals surface area contributed by atoms with Crippen LogP contribution < -0.4 is 11.1 Å². The van der Waals surface area contributed by atoms with E-state index in [0.717, 1.165) is 5.76 Å². The molecule has 0 aliphatic carbocycles. The maximum Gasteiger partial charge on any atom is 0.246 e. The molecule has 0 spiro atoms. The summed E-state index contributed by atoms with van der Waals surface area (Å²) in [5.74, 6) is 0.550. The van der Waals surface area contributed by atoms with Crippen LogP contribution in [0.1, 0.15) is 18.7 Å². The minimum Gasteiger partial charge on any atom is -0.467 e. The second-order valence-electron chi connectivity index (χ2n) is 3.15. The zero-order valence-corrected chi connectivity index (χ0v) is 8.73. The molecule has 0 aliphatic heterocycles. The van der Waals surface area contributed by atoms with Gasteiger partial charge < -0.3 is 20.2 Å². The van der Waals surface area contributed by atoms with Crippen molar-refractivity contribution in [2.45, 2.75) is 13.0 Å². The van der Waals surface area contributed by atoms with Gasteiger partial charge >= 0.3 is 0 Å². The minimum absolute atomic E-state index is 0.0300. The van der Waals surface area contributed by atoms with Crippen molar-refractivity contribution >= 4 is 5.91 Å². The van der Waals surface area contributed by atoms with E-state index < -0.39 is 0 Å². The third-order valence-corrected chi connectivity index (χ3v) is 1.84. The first-order valence-electron chi connectivity index (χ1n) is 4.84. The first-order valence-corrected chi connectivity index (χ1v) is 4.84. The van der Waals surface area contributed by atoms with Crippen molar-refractivity contribution < 1.29 is 13.9 Å². The summed E-state index contributed by atoms with van der Waals surface area (Å²) in [7, 11) is 0. The molecule has 5 heteroatoms. The molecule has 0 aliphatic rings. The predicted octanol–water partition coefficient (Wildman–Crippen LogP) is 0.432. The highest BCUT2D eigenvalue weighted by atomic mass is 16.5. The van der Waals surface area contributed by atoms with Crippen molar-refractivity contribution in [1.29, 1.82) is 0 Å². The molecule has 1 amide bonds. The van der Waals surface area contributed by atoms with E-state index in [1.807, 2.05) is 13.0 Å². The summed E-state index contributed by atoms with van der Waals surface area (Å²) < 4.78 is 10.1. The maximum absolute atomic E-state index is 11.3. The summed E-state index contributed by atoms with van der Waals surface area (Å²) in [4.78, 5) is 11.3. The Morgan fingerprint density at radius 1 is 1.73 bits per heavy atom. The number of nitrogens with two attached hydrogens (primary N) is 1. The lowest BCUT2D eigenvalue weighted by molar-refractivity contribution is -0.126. The average Bonchev–Trinajstić information content (AvgIpc) is 2.70. The van der Waals surface area contributed by atoms with E-state index in [4.69, 9.17) is 14.9 Å². The van der Waals surface area contributed by atoms with Gasteiger partial charge in [0.1, 0.15) is 12.4 Å². The lowest BCUT2D eigenvalue weighted by Crippen LogP contribution is -2.30. The number of carbonyl (C=O) groups is 1. The third-order valence-electron chi connectivity index (χ3n) is 1.84. The molecule has 5 nitrogen and oxygen atoms in total. The molecule has 0 fully saturated rings. The number of amides is 1. The molecule has 1 heterocycles. The molecule has 0 saturated carbocycles. The van der Waals surface area contributed by atoms with Gasteiger partial charge in [0.25, 0.3) is 0 Å². The maximum atomic E-state index is 11.3. The van der Waals surface area contributed by atoms with Crippen LogP contribution in [0, 0.1) is 0 Å². The van der Waals surface area contributed by atoms with Gasteiger partial charge in [0.15, 0.2) is 0 Å². The fourth-order valence-corrected chi connectivity index (χ4v) is 1.14. The number of rotatable bonds is 6. The second kappa shape index (κ2) is 6.21.